The molecule has 1 aromatic carbocycles. The molecule has 114 valence electrons. The number of carbonyl (C=O) groups is 2. The van der Waals surface area contributed by atoms with Gasteiger partial charge in [0.05, 0.1) is 0 Å². The molecule has 2 rings (SSSR count). The number of nitrogens with zero attached hydrogens (tertiary/aromatic N) is 1. The summed E-state index contributed by atoms with van der Waals surface area (Å²) < 4.78 is 5.32. The first-order chi connectivity index (χ1) is 9.76. The second kappa shape index (κ2) is 5.37. The lowest BCUT2D eigenvalue weighted by atomic mass is 9.87. The van der Waals surface area contributed by atoms with Crippen LogP contribution in [0.2, 0.25) is 0 Å². The predicted octanol–water partition coefficient (Wildman–Crippen LogP) is 1.59. The second-order valence-corrected chi connectivity index (χ2v) is 5.61. The van der Waals surface area contributed by atoms with Gasteiger partial charge in [-0.3, -0.25) is 10.2 Å². The molecule has 0 aliphatic carbocycles. The smallest absolute Gasteiger partial charge is 0.432 e. The highest BCUT2D eigenvalue weighted by Gasteiger charge is 2.59. The van der Waals surface area contributed by atoms with Crippen LogP contribution in [-0.4, -0.2) is 33.4 Å². The molecule has 0 aromatic heterocycles. The topological polar surface area (TPSA) is 78.9 Å². The van der Waals surface area contributed by atoms with Crippen LogP contribution in [0.1, 0.15) is 32.8 Å². The summed E-state index contributed by atoms with van der Waals surface area (Å²) in [5.74, 6) is -0.445. The van der Waals surface area contributed by atoms with Crippen LogP contribution in [0.4, 0.5) is 4.79 Å². The van der Waals surface area contributed by atoms with Crippen molar-refractivity contribution in [2.45, 2.75) is 44.9 Å². The first-order valence-corrected chi connectivity index (χ1v) is 6.83. The van der Waals surface area contributed by atoms with E-state index >= 15 is 0 Å². The molecule has 1 saturated heterocycles. The number of benzene rings is 1. The minimum Gasteiger partial charge on any atom is -0.437 e. The number of nitrogens with one attached hydrogen (secondary N) is 1. The summed E-state index contributed by atoms with van der Waals surface area (Å²) in [7, 11) is 0. The minimum atomic E-state index is -1.62. The van der Waals surface area contributed by atoms with Crippen molar-refractivity contribution in [2.24, 2.45) is 0 Å². The van der Waals surface area contributed by atoms with E-state index in [2.05, 4.69) is 5.43 Å². The Morgan fingerprint density at radius 3 is 2.52 bits per heavy atom. The molecule has 0 bridgehead atoms. The number of hydrogen-bond donors (Lipinski definition) is 2. The molecule has 0 spiro atoms. The van der Waals surface area contributed by atoms with E-state index < -0.39 is 23.3 Å². The van der Waals surface area contributed by atoms with Gasteiger partial charge >= 0.3 is 6.09 Å². The van der Waals surface area contributed by atoms with Crippen molar-refractivity contribution < 1.29 is 19.4 Å². The lowest BCUT2D eigenvalue weighted by Crippen LogP contribution is -2.60. The molecule has 2 atom stereocenters. The molecule has 1 aliphatic rings. The first-order valence-electron chi connectivity index (χ1n) is 6.83. The van der Waals surface area contributed by atoms with Crippen LogP contribution in [-0.2, 0) is 16.0 Å². The predicted molar refractivity (Wildman–Crippen MR) is 75.9 cm³/mol. The van der Waals surface area contributed by atoms with Crippen LogP contribution < -0.4 is 5.43 Å². The number of hydrogen-bond acceptors (Lipinski definition) is 4. The van der Waals surface area contributed by atoms with Gasteiger partial charge < -0.3 is 9.84 Å². The average Bonchev–Trinajstić information content (AvgIpc) is 2.58. The van der Waals surface area contributed by atoms with Crippen LogP contribution in [0.15, 0.2) is 30.3 Å². The fourth-order valence-electron chi connectivity index (χ4n) is 2.38. The van der Waals surface area contributed by atoms with Gasteiger partial charge in [-0.05, 0) is 32.3 Å². The Bertz CT molecular complexity index is 544. The third kappa shape index (κ3) is 2.85. The molecule has 1 heterocycles. The van der Waals surface area contributed by atoms with E-state index in [-0.39, 0.29) is 0 Å². The van der Waals surface area contributed by atoms with Gasteiger partial charge in [0.25, 0.3) is 0 Å². The maximum absolute atomic E-state index is 11.9. The fourth-order valence-corrected chi connectivity index (χ4v) is 2.38. The van der Waals surface area contributed by atoms with E-state index in [1.165, 1.54) is 13.8 Å². The Balaban J connectivity index is 2.14. The van der Waals surface area contributed by atoms with Crippen molar-refractivity contribution in [3.63, 3.8) is 0 Å². The van der Waals surface area contributed by atoms with Gasteiger partial charge in [0.15, 0.2) is 11.3 Å². The molecule has 2 N–H and O–H groups in total. The molecule has 0 radical (unpaired) electrons. The van der Waals surface area contributed by atoms with E-state index in [1.807, 2.05) is 30.3 Å². The molecule has 21 heavy (non-hydrogen) atoms. The number of ether oxygens (including phenoxy) is 1. The number of carbonyl (C=O) groups excluding carboxylic acids is 2. The van der Waals surface area contributed by atoms with Gasteiger partial charge in [0.1, 0.15) is 0 Å². The van der Waals surface area contributed by atoms with Gasteiger partial charge in [-0.2, -0.15) is 5.01 Å². The van der Waals surface area contributed by atoms with Crippen molar-refractivity contribution in [1.29, 1.82) is 0 Å². The average molecular weight is 292 g/mol. The van der Waals surface area contributed by atoms with Crippen molar-refractivity contribution >= 4 is 12.0 Å². The molecule has 1 fully saturated rings. The molecule has 1 aliphatic heterocycles. The standard InChI is InChI=1S/C15H20N2O4/c1-11(18)16-17-13(19)21-14(2,15(17,3)20)10-9-12-7-5-4-6-8-12/h4-8,20H,9-10H2,1-3H3,(H,16,18). The Hall–Kier alpha value is -2.08. The summed E-state index contributed by atoms with van der Waals surface area (Å²) in [5, 5.41) is 11.5. The third-order valence-electron chi connectivity index (χ3n) is 3.94. The van der Waals surface area contributed by atoms with Crippen LogP contribution in [0.25, 0.3) is 0 Å². The number of amides is 2. The molecular weight excluding hydrogens is 272 g/mol. The van der Waals surface area contributed by atoms with Gasteiger partial charge in [-0.25, -0.2) is 4.79 Å². The van der Waals surface area contributed by atoms with E-state index in [1.54, 1.807) is 6.92 Å². The van der Waals surface area contributed by atoms with Crippen LogP contribution in [0.5, 0.6) is 0 Å². The Labute approximate surface area is 123 Å². The van der Waals surface area contributed by atoms with Gasteiger partial charge in [0.2, 0.25) is 5.91 Å². The fraction of sp³-hybridized carbons (Fsp3) is 0.467. The number of cyclic esters (lactones) is 1. The molecule has 2 amide bonds. The quantitative estimate of drug-likeness (QED) is 0.883. The maximum Gasteiger partial charge on any atom is 0.432 e. The molecule has 6 heteroatoms. The lowest BCUT2D eigenvalue weighted by Gasteiger charge is -2.36. The highest BCUT2D eigenvalue weighted by molar-refractivity contribution is 5.79. The number of hydrazine groups is 1. The summed E-state index contributed by atoms with van der Waals surface area (Å²) in [6, 6.07) is 9.73. The van der Waals surface area contributed by atoms with Gasteiger partial charge in [-0.1, -0.05) is 30.3 Å². The van der Waals surface area contributed by atoms with E-state index in [0.29, 0.717) is 12.8 Å². The molecule has 6 nitrogen and oxygen atoms in total. The largest absolute Gasteiger partial charge is 0.437 e. The Kier molecular flexibility index (Phi) is 3.91. The van der Waals surface area contributed by atoms with Crippen molar-refractivity contribution in [3.8, 4) is 0 Å². The van der Waals surface area contributed by atoms with E-state index in [4.69, 9.17) is 4.74 Å². The highest BCUT2D eigenvalue weighted by Crippen LogP contribution is 2.39. The molecule has 0 saturated carbocycles. The highest BCUT2D eigenvalue weighted by atomic mass is 16.6. The van der Waals surface area contributed by atoms with Gasteiger partial charge in [0, 0.05) is 6.92 Å². The summed E-state index contributed by atoms with van der Waals surface area (Å²) >= 11 is 0. The minimum absolute atomic E-state index is 0.436. The zero-order valence-corrected chi connectivity index (χ0v) is 12.4. The number of rotatable bonds is 4. The van der Waals surface area contributed by atoms with Crippen molar-refractivity contribution in [3.05, 3.63) is 35.9 Å². The summed E-state index contributed by atoms with van der Waals surface area (Å²) in [6.07, 6.45) is 0.325. The summed E-state index contributed by atoms with van der Waals surface area (Å²) in [6.45, 7) is 4.39. The lowest BCUT2D eigenvalue weighted by molar-refractivity contribution is -0.159. The van der Waals surface area contributed by atoms with Crippen molar-refractivity contribution in [2.75, 3.05) is 0 Å². The van der Waals surface area contributed by atoms with E-state index in [0.717, 1.165) is 10.6 Å². The molecule has 1 aromatic rings. The number of aryl methyl sites for hydroxylation is 1. The summed E-state index contributed by atoms with van der Waals surface area (Å²) in [5.41, 5.74) is 0.662. The van der Waals surface area contributed by atoms with Crippen molar-refractivity contribution in [1.82, 2.24) is 10.4 Å². The molecule has 2 unspecified atom stereocenters. The Morgan fingerprint density at radius 1 is 1.33 bits per heavy atom. The zero-order chi connectivity index (χ0) is 15.7. The van der Waals surface area contributed by atoms with Crippen LogP contribution in [0.3, 0.4) is 0 Å². The first kappa shape index (κ1) is 15.3. The number of aliphatic hydroxyl groups is 1. The maximum atomic E-state index is 11.9. The monoisotopic (exact) mass is 292 g/mol. The SMILES string of the molecule is CC(=O)NN1C(=O)OC(C)(CCc2ccccc2)C1(C)O. The summed E-state index contributed by atoms with van der Waals surface area (Å²) in [4.78, 5) is 23.0. The normalized spacial score (nSPS) is 28.4. The van der Waals surface area contributed by atoms with E-state index in [9.17, 15) is 14.7 Å². The second-order valence-electron chi connectivity index (χ2n) is 5.61. The zero-order valence-electron chi connectivity index (χ0n) is 12.4. The van der Waals surface area contributed by atoms with Crippen LogP contribution >= 0.6 is 0 Å². The van der Waals surface area contributed by atoms with Crippen LogP contribution in [0, 0.1) is 0 Å². The Morgan fingerprint density at radius 2 is 1.95 bits per heavy atom. The van der Waals surface area contributed by atoms with Gasteiger partial charge in [-0.15, -0.1) is 0 Å². The molecular formula is C15H20N2O4. The third-order valence-corrected chi connectivity index (χ3v) is 3.94.